The van der Waals surface area contributed by atoms with E-state index in [2.05, 4.69) is 35.9 Å². The van der Waals surface area contributed by atoms with Gasteiger partial charge in [0.25, 0.3) is 0 Å². The summed E-state index contributed by atoms with van der Waals surface area (Å²) in [6.45, 7) is 16.0. The van der Waals surface area contributed by atoms with Gasteiger partial charge in [0.05, 0.1) is 0 Å². The third kappa shape index (κ3) is 4.71. The van der Waals surface area contributed by atoms with Gasteiger partial charge in [-0.3, -0.25) is 0 Å². The van der Waals surface area contributed by atoms with Gasteiger partial charge in [-0.2, -0.15) is 0 Å². The Morgan fingerprint density at radius 2 is 1.85 bits per heavy atom. The highest BCUT2D eigenvalue weighted by Crippen LogP contribution is 2.20. The molecule has 118 valence electrons. The first kappa shape index (κ1) is 16.3. The zero-order valence-electron chi connectivity index (χ0n) is 13.9. The Bertz CT molecular complexity index is 261. The average Bonchev–Trinajstić information content (AvgIpc) is 2.73. The molecule has 2 heterocycles. The lowest BCUT2D eigenvalue weighted by molar-refractivity contribution is 0.141. The first-order chi connectivity index (χ1) is 9.72. The van der Waals surface area contributed by atoms with Crippen molar-refractivity contribution >= 4 is 0 Å². The van der Waals surface area contributed by atoms with E-state index in [9.17, 15) is 0 Å². The Morgan fingerprint density at radius 1 is 1.10 bits per heavy atom. The number of rotatable bonds is 5. The molecule has 3 heteroatoms. The molecule has 2 rings (SSSR count). The van der Waals surface area contributed by atoms with E-state index >= 15 is 0 Å². The fraction of sp³-hybridized carbons (Fsp3) is 1.00. The van der Waals surface area contributed by atoms with Crippen LogP contribution in [-0.2, 0) is 0 Å². The van der Waals surface area contributed by atoms with E-state index in [1.807, 2.05) is 0 Å². The lowest BCUT2D eigenvalue weighted by atomic mass is 9.95. The monoisotopic (exact) mass is 281 g/mol. The van der Waals surface area contributed by atoms with Gasteiger partial charge >= 0.3 is 0 Å². The van der Waals surface area contributed by atoms with Gasteiger partial charge in [-0.05, 0) is 63.8 Å². The van der Waals surface area contributed by atoms with E-state index in [0.29, 0.717) is 6.04 Å². The van der Waals surface area contributed by atoms with Gasteiger partial charge in [0.1, 0.15) is 0 Å². The SMILES string of the molecule is CCC(C)C1CN(CC2CCN(CC)CC2)CCCN1. The number of hydrogen-bond acceptors (Lipinski definition) is 3. The number of piperidine rings is 1. The molecule has 1 N–H and O–H groups in total. The highest BCUT2D eigenvalue weighted by Gasteiger charge is 2.25. The molecule has 2 unspecified atom stereocenters. The fourth-order valence-corrected chi connectivity index (χ4v) is 3.71. The lowest BCUT2D eigenvalue weighted by Crippen LogP contribution is -2.44. The molecule has 2 aliphatic rings. The Balaban J connectivity index is 1.79. The minimum absolute atomic E-state index is 0.707. The Labute approximate surface area is 126 Å². The van der Waals surface area contributed by atoms with E-state index in [1.54, 1.807) is 0 Å². The lowest BCUT2D eigenvalue weighted by Gasteiger charge is -2.35. The van der Waals surface area contributed by atoms with E-state index < -0.39 is 0 Å². The second kappa shape index (κ2) is 8.35. The Hall–Kier alpha value is -0.120. The second-order valence-corrected chi connectivity index (χ2v) is 6.94. The van der Waals surface area contributed by atoms with E-state index in [1.165, 1.54) is 71.5 Å². The minimum atomic E-state index is 0.707. The molecule has 2 aliphatic heterocycles. The number of nitrogens with zero attached hydrogens (tertiary/aromatic N) is 2. The van der Waals surface area contributed by atoms with Gasteiger partial charge in [0.2, 0.25) is 0 Å². The zero-order valence-corrected chi connectivity index (χ0v) is 13.9. The van der Waals surface area contributed by atoms with Crippen molar-refractivity contribution in [2.45, 2.75) is 52.5 Å². The Kier molecular flexibility index (Phi) is 6.79. The summed E-state index contributed by atoms with van der Waals surface area (Å²) in [5, 5.41) is 3.77. The molecular formula is C17H35N3. The van der Waals surface area contributed by atoms with Crippen molar-refractivity contribution in [2.24, 2.45) is 11.8 Å². The van der Waals surface area contributed by atoms with Crippen molar-refractivity contribution in [3.63, 3.8) is 0 Å². The summed E-state index contributed by atoms with van der Waals surface area (Å²) < 4.78 is 0. The average molecular weight is 281 g/mol. The van der Waals surface area contributed by atoms with Crippen LogP contribution < -0.4 is 5.32 Å². The van der Waals surface area contributed by atoms with Crippen LogP contribution in [0.3, 0.4) is 0 Å². The molecule has 3 nitrogen and oxygen atoms in total. The predicted octanol–water partition coefficient (Wildman–Crippen LogP) is 2.43. The summed E-state index contributed by atoms with van der Waals surface area (Å²) in [6.07, 6.45) is 5.43. The molecule has 2 saturated heterocycles. The smallest absolute Gasteiger partial charge is 0.0220 e. The molecule has 20 heavy (non-hydrogen) atoms. The van der Waals surface area contributed by atoms with Crippen molar-refractivity contribution in [2.75, 3.05) is 45.8 Å². The molecule has 0 aromatic heterocycles. The predicted molar refractivity (Wildman–Crippen MR) is 87.1 cm³/mol. The van der Waals surface area contributed by atoms with Gasteiger partial charge in [-0.1, -0.05) is 27.2 Å². The van der Waals surface area contributed by atoms with Gasteiger partial charge in [-0.25, -0.2) is 0 Å². The third-order valence-electron chi connectivity index (χ3n) is 5.51. The molecule has 0 radical (unpaired) electrons. The van der Waals surface area contributed by atoms with Crippen LogP contribution in [0.1, 0.15) is 46.5 Å². The molecule has 0 spiro atoms. The fourth-order valence-electron chi connectivity index (χ4n) is 3.71. The largest absolute Gasteiger partial charge is 0.312 e. The molecule has 2 fully saturated rings. The maximum Gasteiger partial charge on any atom is 0.0220 e. The van der Waals surface area contributed by atoms with Crippen LogP contribution >= 0.6 is 0 Å². The van der Waals surface area contributed by atoms with Crippen molar-refractivity contribution in [3.8, 4) is 0 Å². The van der Waals surface area contributed by atoms with E-state index in [4.69, 9.17) is 0 Å². The zero-order chi connectivity index (χ0) is 14.4. The first-order valence-electron chi connectivity index (χ1n) is 8.91. The van der Waals surface area contributed by atoms with Gasteiger partial charge in [0.15, 0.2) is 0 Å². The minimum Gasteiger partial charge on any atom is -0.312 e. The molecule has 2 atom stereocenters. The molecule has 0 amide bonds. The normalized spacial score (nSPS) is 29.2. The van der Waals surface area contributed by atoms with Crippen LogP contribution in [0.2, 0.25) is 0 Å². The molecule has 0 aromatic carbocycles. The topological polar surface area (TPSA) is 18.5 Å². The number of nitrogens with one attached hydrogen (secondary N) is 1. The summed E-state index contributed by atoms with van der Waals surface area (Å²) in [7, 11) is 0. The number of hydrogen-bond donors (Lipinski definition) is 1. The van der Waals surface area contributed by atoms with Crippen LogP contribution in [0.4, 0.5) is 0 Å². The van der Waals surface area contributed by atoms with Crippen LogP contribution in [0, 0.1) is 11.8 Å². The molecule has 0 aliphatic carbocycles. The maximum absolute atomic E-state index is 3.77. The van der Waals surface area contributed by atoms with Gasteiger partial charge in [-0.15, -0.1) is 0 Å². The molecule has 0 saturated carbocycles. The summed E-state index contributed by atoms with van der Waals surface area (Å²) >= 11 is 0. The van der Waals surface area contributed by atoms with Gasteiger partial charge < -0.3 is 15.1 Å². The quantitative estimate of drug-likeness (QED) is 0.835. The number of likely N-dealkylation sites (tertiary alicyclic amines) is 1. The highest BCUT2D eigenvalue weighted by molar-refractivity contribution is 4.82. The first-order valence-corrected chi connectivity index (χ1v) is 8.91. The second-order valence-electron chi connectivity index (χ2n) is 6.94. The Morgan fingerprint density at radius 3 is 2.50 bits per heavy atom. The summed E-state index contributed by atoms with van der Waals surface area (Å²) in [6, 6.07) is 0.707. The van der Waals surface area contributed by atoms with Crippen molar-refractivity contribution in [1.82, 2.24) is 15.1 Å². The summed E-state index contributed by atoms with van der Waals surface area (Å²) in [5.41, 5.74) is 0. The third-order valence-corrected chi connectivity index (χ3v) is 5.51. The van der Waals surface area contributed by atoms with E-state index in [0.717, 1.165) is 11.8 Å². The molecule has 0 aromatic rings. The standard InChI is InChI=1S/C17H35N3/c1-4-15(3)17-14-20(10-6-9-18-17)13-16-7-11-19(5-2)12-8-16/h15-18H,4-14H2,1-3H3. The summed E-state index contributed by atoms with van der Waals surface area (Å²) in [4.78, 5) is 5.35. The van der Waals surface area contributed by atoms with Crippen LogP contribution in [0.5, 0.6) is 0 Å². The van der Waals surface area contributed by atoms with Crippen molar-refractivity contribution in [1.29, 1.82) is 0 Å². The molecule has 0 bridgehead atoms. The van der Waals surface area contributed by atoms with Crippen molar-refractivity contribution < 1.29 is 0 Å². The van der Waals surface area contributed by atoms with Gasteiger partial charge in [0, 0.05) is 19.1 Å². The van der Waals surface area contributed by atoms with Crippen LogP contribution in [-0.4, -0.2) is 61.7 Å². The summed E-state index contributed by atoms with van der Waals surface area (Å²) in [5.74, 6) is 1.74. The highest BCUT2D eigenvalue weighted by atomic mass is 15.2. The van der Waals surface area contributed by atoms with Crippen LogP contribution in [0.15, 0.2) is 0 Å². The van der Waals surface area contributed by atoms with E-state index in [-0.39, 0.29) is 0 Å². The molecular weight excluding hydrogens is 246 g/mol. The van der Waals surface area contributed by atoms with Crippen molar-refractivity contribution in [3.05, 3.63) is 0 Å². The van der Waals surface area contributed by atoms with Crippen LogP contribution in [0.25, 0.3) is 0 Å². The maximum atomic E-state index is 3.77.